The second-order valence-electron chi connectivity index (χ2n) is 7.21. The minimum Gasteiger partial charge on any atom is -0.491 e. The van der Waals surface area contributed by atoms with E-state index in [0.29, 0.717) is 10.7 Å². The number of amides is 2. The average molecular weight is 454 g/mol. The van der Waals surface area contributed by atoms with Crippen molar-refractivity contribution in [2.75, 3.05) is 25.1 Å². The summed E-state index contributed by atoms with van der Waals surface area (Å²) in [5, 5.41) is 15.5. The number of hydrogen-bond acceptors (Lipinski definition) is 4. The molecule has 0 bridgehead atoms. The molecule has 0 spiro atoms. The average Bonchev–Trinajstić information content (AvgIpc) is 3.14. The van der Waals surface area contributed by atoms with E-state index in [2.05, 4.69) is 5.10 Å². The molecule has 2 amide bonds. The van der Waals surface area contributed by atoms with Crippen molar-refractivity contribution in [3.05, 3.63) is 58.6 Å². The third kappa shape index (κ3) is 3.46. The van der Waals surface area contributed by atoms with Crippen LogP contribution in [0.1, 0.15) is 11.1 Å². The maximum absolute atomic E-state index is 13.0. The first-order chi connectivity index (χ1) is 14.5. The van der Waals surface area contributed by atoms with Gasteiger partial charge >= 0.3 is 18.2 Å². The molecule has 2 aromatic rings. The van der Waals surface area contributed by atoms with E-state index >= 15 is 0 Å². The van der Waals surface area contributed by atoms with Crippen LogP contribution >= 0.6 is 11.6 Å². The molecule has 1 atom stereocenters. The number of halogens is 4. The van der Waals surface area contributed by atoms with Crippen LogP contribution < -0.4 is 9.64 Å². The highest BCUT2D eigenvalue weighted by atomic mass is 35.5. The zero-order chi connectivity index (χ0) is 22.6. The molecule has 31 heavy (non-hydrogen) atoms. The predicted octanol–water partition coefficient (Wildman–Crippen LogP) is 4.10. The monoisotopic (exact) mass is 453 g/mol. The number of hydrazone groups is 1. The number of rotatable bonds is 2. The Kier molecular flexibility index (Phi) is 4.84. The van der Waals surface area contributed by atoms with E-state index in [1.165, 1.54) is 11.9 Å². The molecule has 11 heteroatoms. The van der Waals surface area contributed by atoms with Gasteiger partial charge < -0.3 is 9.84 Å². The van der Waals surface area contributed by atoms with Gasteiger partial charge in [0.25, 0.3) is 0 Å². The second kappa shape index (κ2) is 7.16. The van der Waals surface area contributed by atoms with E-state index in [1.54, 1.807) is 24.3 Å². The van der Waals surface area contributed by atoms with Crippen molar-refractivity contribution in [2.45, 2.75) is 6.18 Å². The van der Waals surface area contributed by atoms with Gasteiger partial charge in [0.2, 0.25) is 0 Å². The first-order valence-corrected chi connectivity index (χ1v) is 9.38. The molecule has 7 nitrogen and oxygen atoms in total. The molecule has 0 fully saturated rings. The predicted molar refractivity (Wildman–Crippen MR) is 106 cm³/mol. The molecule has 0 saturated heterocycles. The lowest BCUT2D eigenvalue weighted by Crippen LogP contribution is -2.50. The van der Waals surface area contributed by atoms with Gasteiger partial charge in [0.15, 0.2) is 5.41 Å². The molecule has 1 N–H and O–H groups in total. The number of nitrogens with zero attached hydrogens (tertiary/aromatic N) is 3. The SMILES string of the molecule is CN(C(=O)N1CC2(C(=O)O)COc3cc(C(F)(F)F)ccc3C2=N1)c1ccc(Cl)cc1. The summed E-state index contributed by atoms with van der Waals surface area (Å²) in [4.78, 5) is 26.4. The summed E-state index contributed by atoms with van der Waals surface area (Å²) in [5.74, 6) is -1.42. The molecule has 0 radical (unpaired) electrons. The number of fused-ring (bicyclic) bond motifs is 3. The highest BCUT2D eigenvalue weighted by molar-refractivity contribution is 6.30. The normalized spacial score (nSPS) is 19.8. The van der Waals surface area contributed by atoms with Gasteiger partial charge in [-0.1, -0.05) is 11.6 Å². The van der Waals surface area contributed by atoms with Crippen LogP contribution in [0.15, 0.2) is 47.6 Å². The summed E-state index contributed by atoms with van der Waals surface area (Å²) < 4.78 is 44.5. The smallest absolute Gasteiger partial charge is 0.416 e. The molecule has 0 aromatic heterocycles. The Bertz CT molecular complexity index is 1100. The Hall–Kier alpha value is -3.27. The van der Waals surface area contributed by atoms with Crippen molar-refractivity contribution in [3.8, 4) is 5.75 Å². The molecule has 1 unspecified atom stereocenters. The van der Waals surface area contributed by atoms with Gasteiger partial charge in [-0.15, -0.1) is 0 Å². The van der Waals surface area contributed by atoms with Gasteiger partial charge in [0.05, 0.1) is 17.8 Å². The van der Waals surface area contributed by atoms with E-state index < -0.39 is 35.8 Å². The van der Waals surface area contributed by atoms with Gasteiger partial charge in [0.1, 0.15) is 12.4 Å². The number of carbonyl (C=O) groups excluding carboxylic acids is 1. The van der Waals surface area contributed by atoms with E-state index in [1.807, 2.05) is 0 Å². The number of alkyl halides is 3. The Balaban J connectivity index is 1.71. The van der Waals surface area contributed by atoms with E-state index in [4.69, 9.17) is 16.3 Å². The number of carboxylic acids is 1. The van der Waals surface area contributed by atoms with Crippen LogP contribution in [0.25, 0.3) is 0 Å². The zero-order valence-corrected chi connectivity index (χ0v) is 16.7. The molecular formula is C20H15ClF3N3O4. The number of aliphatic carboxylic acids is 1. The van der Waals surface area contributed by atoms with Crippen LogP contribution in [-0.2, 0) is 11.0 Å². The summed E-state index contributed by atoms with van der Waals surface area (Å²) in [6.45, 7) is -0.779. The largest absolute Gasteiger partial charge is 0.491 e. The second-order valence-corrected chi connectivity index (χ2v) is 7.65. The van der Waals surface area contributed by atoms with Gasteiger partial charge in [-0.05, 0) is 42.5 Å². The van der Waals surface area contributed by atoms with Crippen molar-refractivity contribution in [3.63, 3.8) is 0 Å². The Morgan fingerprint density at radius 2 is 1.90 bits per heavy atom. The van der Waals surface area contributed by atoms with Gasteiger partial charge in [0, 0.05) is 23.3 Å². The molecular weight excluding hydrogens is 439 g/mol. The lowest BCUT2D eigenvalue weighted by atomic mass is 9.79. The lowest BCUT2D eigenvalue weighted by molar-refractivity contribution is -0.146. The van der Waals surface area contributed by atoms with Crippen LogP contribution in [0.5, 0.6) is 5.75 Å². The third-order valence-corrected chi connectivity index (χ3v) is 5.51. The summed E-state index contributed by atoms with van der Waals surface area (Å²) in [6.07, 6.45) is -4.58. The van der Waals surface area contributed by atoms with Crippen molar-refractivity contribution in [1.29, 1.82) is 0 Å². The fourth-order valence-electron chi connectivity index (χ4n) is 3.51. The molecule has 162 valence electrons. The van der Waals surface area contributed by atoms with Gasteiger partial charge in [-0.3, -0.25) is 9.69 Å². The fourth-order valence-corrected chi connectivity index (χ4v) is 3.64. The standard InChI is InChI=1S/C20H15ClF3N3O4/c1-26(13-5-3-12(21)4-6-13)18(30)27-9-19(17(28)29)10-31-15-8-11(20(22,23)24)2-7-14(15)16(19)25-27/h2-8H,9-10H2,1H3,(H,28,29). The van der Waals surface area contributed by atoms with Crippen molar-refractivity contribution < 1.29 is 32.6 Å². The van der Waals surface area contributed by atoms with Crippen LogP contribution in [0, 0.1) is 5.41 Å². The molecule has 0 aliphatic carbocycles. The summed E-state index contributed by atoms with van der Waals surface area (Å²) in [5.41, 5.74) is -2.04. The van der Waals surface area contributed by atoms with E-state index in [9.17, 15) is 27.9 Å². The fraction of sp³-hybridized carbons (Fsp3) is 0.250. The minimum atomic E-state index is -4.58. The number of ether oxygens (including phenoxy) is 1. The quantitative estimate of drug-likeness (QED) is 0.742. The molecule has 2 aromatic carbocycles. The van der Waals surface area contributed by atoms with Crippen molar-refractivity contribution in [2.24, 2.45) is 10.5 Å². The van der Waals surface area contributed by atoms with Crippen molar-refractivity contribution in [1.82, 2.24) is 5.01 Å². The van der Waals surface area contributed by atoms with E-state index in [-0.39, 0.29) is 23.6 Å². The van der Waals surface area contributed by atoms with Crippen molar-refractivity contribution >= 4 is 35.0 Å². The third-order valence-electron chi connectivity index (χ3n) is 5.26. The Morgan fingerprint density at radius 3 is 2.52 bits per heavy atom. The number of carboxylic acid groups (broad SMARTS) is 1. The topological polar surface area (TPSA) is 82.4 Å². The van der Waals surface area contributed by atoms with Gasteiger partial charge in [-0.25, -0.2) is 9.80 Å². The molecule has 2 aliphatic heterocycles. The number of carbonyl (C=O) groups is 2. The minimum absolute atomic E-state index is 0.0205. The maximum atomic E-state index is 13.0. The summed E-state index contributed by atoms with van der Waals surface area (Å²) >= 11 is 5.86. The first kappa shape index (κ1) is 21.0. The molecule has 0 saturated carbocycles. The number of benzene rings is 2. The number of anilines is 1. The van der Waals surface area contributed by atoms with Crippen LogP contribution in [0.4, 0.5) is 23.7 Å². The number of urea groups is 1. The highest BCUT2D eigenvalue weighted by Crippen LogP contribution is 2.42. The molecule has 2 aliphatic rings. The van der Waals surface area contributed by atoms with Crippen LogP contribution in [-0.4, -0.2) is 48.0 Å². The molecule has 4 rings (SSSR count). The maximum Gasteiger partial charge on any atom is 0.416 e. The van der Waals surface area contributed by atoms with Gasteiger partial charge in [-0.2, -0.15) is 18.3 Å². The first-order valence-electron chi connectivity index (χ1n) is 9.00. The summed E-state index contributed by atoms with van der Waals surface area (Å²) in [7, 11) is 1.49. The Morgan fingerprint density at radius 1 is 1.23 bits per heavy atom. The molecule has 2 heterocycles. The summed E-state index contributed by atoms with van der Waals surface area (Å²) in [6, 6.07) is 8.54. The lowest BCUT2D eigenvalue weighted by Gasteiger charge is -2.32. The highest BCUT2D eigenvalue weighted by Gasteiger charge is 2.55. The zero-order valence-electron chi connectivity index (χ0n) is 16.0. The Labute approximate surface area is 179 Å². The van der Waals surface area contributed by atoms with Crippen LogP contribution in [0.3, 0.4) is 0 Å². The number of hydrogen-bond donors (Lipinski definition) is 1. The van der Waals surface area contributed by atoms with E-state index in [0.717, 1.165) is 23.2 Å². The van der Waals surface area contributed by atoms with Crippen LogP contribution in [0.2, 0.25) is 5.02 Å².